The van der Waals surface area contributed by atoms with Crippen LogP contribution in [-0.2, 0) is 0 Å². The number of halogens is 8. The third-order valence-corrected chi connectivity index (χ3v) is 5.91. The van der Waals surface area contributed by atoms with Crippen molar-refractivity contribution in [1.82, 2.24) is 19.9 Å². The van der Waals surface area contributed by atoms with Crippen LogP contribution < -0.4 is 15.6 Å². The Morgan fingerprint density at radius 2 is 1.84 bits per heavy atom. The van der Waals surface area contributed by atoms with Gasteiger partial charge in [-0.1, -0.05) is 0 Å². The van der Waals surface area contributed by atoms with Gasteiger partial charge in [0.2, 0.25) is 11.5 Å². The first-order valence-electron chi connectivity index (χ1n) is 10.9. The van der Waals surface area contributed by atoms with Crippen molar-refractivity contribution in [3.05, 3.63) is 58.0 Å². The molecule has 3 aromatic heterocycles. The molecule has 0 saturated carbocycles. The number of aliphatic hydroxyl groups is 1. The number of nitrogens with zero attached hydrogens (tertiary/aromatic N) is 4. The standard InChI is InChI=1S/C22H17F8N5O3/c23-10-6-14(24)18(31-7-10)35-8-13(19(38)33-20(21(25,26)27)22(28,29)30)16(37)12-3-4-15(32-17(12)35)34-5-1-2-11(34)9-36/h3-4,6-8,11,20,36H,1-2,5,9H2,(H,33,38)/t11-/m1/s1. The average Bonchev–Trinajstić information content (AvgIpc) is 3.30. The highest BCUT2D eigenvalue weighted by Crippen LogP contribution is 2.33. The second-order valence-corrected chi connectivity index (χ2v) is 8.40. The molecule has 0 radical (unpaired) electrons. The summed E-state index contributed by atoms with van der Waals surface area (Å²) in [4.78, 5) is 35.1. The molecule has 1 aliphatic rings. The first-order valence-corrected chi connectivity index (χ1v) is 10.9. The molecule has 204 valence electrons. The van der Waals surface area contributed by atoms with E-state index < -0.39 is 58.1 Å². The summed E-state index contributed by atoms with van der Waals surface area (Å²) in [6.07, 6.45) is -9.54. The van der Waals surface area contributed by atoms with Gasteiger partial charge in [-0.3, -0.25) is 14.2 Å². The largest absolute Gasteiger partial charge is 0.417 e. The number of hydrogen-bond donors (Lipinski definition) is 2. The number of alkyl halides is 6. The molecule has 1 amide bonds. The zero-order valence-electron chi connectivity index (χ0n) is 18.9. The molecule has 2 N–H and O–H groups in total. The van der Waals surface area contributed by atoms with Crippen LogP contribution >= 0.6 is 0 Å². The molecule has 0 bridgehead atoms. The van der Waals surface area contributed by atoms with Crippen LogP contribution in [0.5, 0.6) is 0 Å². The van der Waals surface area contributed by atoms with E-state index in [0.717, 1.165) is 11.4 Å². The van der Waals surface area contributed by atoms with E-state index in [-0.39, 0.29) is 24.1 Å². The zero-order chi connectivity index (χ0) is 28.0. The topological polar surface area (TPSA) is 100 Å². The first-order chi connectivity index (χ1) is 17.7. The monoisotopic (exact) mass is 551 g/mol. The highest BCUT2D eigenvalue weighted by molar-refractivity contribution is 5.97. The maximum absolute atomic E-state index is 14.7. The van der Waals surface area contributed by atoms with Gasteiger partial charge in [-0.05, 0) is 25.0 Å². The molecule has 1 fully saturated rings. The van der Waals surface area contributed by atoms with Crippen molar-refractivity contribution >= 4 is 22.8 Å². The Morgan fingerprint density at radius 1 is 1.16 bits per heavy atom. The van der Waals surface area contributed by atoms with Crippen LogP contribution in [0.3, 0.4) is 0 Å². The summed E-state index contributed by atoms with van der Waals surface area (Å²) >= 11 is 0. The Balaban J connectivity index is 1.92. The Labute approximate surface area is 207 Å². The van der Waals surface area contributed by atoms with Crippen molar-refractivity contribution in [2.45, 2.75) is 37.3 Å². The number of aliphatic hydroxyl groups excluding tert-OH is 1. The van der Waals surface area contributed by atoms with E-state index in [1.54, 1.807) is 4.90 Å². The smallest absolute Gasteiger partial charge is 0.394 e. The summed E-state index contributed by atoms with van der Waals surface area (Å²) in [6, 6.07) is -1.84. The Morgan fingerprint density at radius 3 is 2.45 bits per heavy atom. The van der Waals surface area contributed by atoms with Crippen LogP contribution in [-0.4, -0.2) is 63.1 Å². The zero-order valence-corrected chi connectivity index (χ0v) is 18.9. The number of hydrogen-bond acceptors (Lipinski definition) is 6. The van der Waals surface area contributed by atoms with Crippen LogP contribution in [0.2, 0.25) is 0 Å². The third kappa shape index (κ3) is 5.12. The molecule has 4 heterocycles. The minimum atomic E-state index is -5.94. The summed E-state index contributed by atoms with van der Waals surface area (Å²) in [5.74, 6) is -5.01. The minimum Gasteiger partial charge on any atom is -0.394 e. The van der Waals surface area contributed by atoms with E-state index in [0.29, 0.717) is 42.4 Å². The van der Waals surface area contributed by atoms with E-state index in [4.69, 9.17) is 0 Å². The predicted molar refractivity (Wildman–Crippen MR) is 116 cm³/mol. The lowest BCUT2D eigenvalue weighted by atomic mass is 10.1. The Hall–Kier alpha value is -3.82. The van der Waals surface area contributed by atoms with Crippen molar-refractivity contribution < 1.29 is 45.0 Å². The van der Waals surface area contributed by atoms with E-state index >= 15 is 0 Å². The molecule has 16 heteroatoms. The molecule has 8 nitrogen and oxygen atoms in total. The van der Waals surface area contributed by atoms with E-state index in [1.807, 2.05) is 0 Å². The van der Waals surface area contributed by atoms with Crippen LogP contribution in [0.4, 0.5) is 40.9 Å². The maximum Gasteiger partial charge on any atom is 0.417 e. The molecule has 0 spiro atoms. The van der Waals surface area contributed by atoms with Crippen LogP contribution in [0.15, 0.2) is 35.4 Å². The van der Waals surface area contributed by atoms with Gasteiger partial charge in [0.15, 0.2) is 17.3 Å². The van der Waals surface area contributed by atoms with Gasteiger partial charge in [-0.15, -0.1) is 0 Å². The van der Waals surface area contributed by atoms with Crippen LogP contribution in [0.25, 0.3) is 16.9 Å². The molecule has 0 aliphatic carbocycles. The summed E-state index contributed by atoms with van der Waals surface area (Å²) < 4.78 is 107. The highest BCUT2D eigenvalue weighted by atomic mass is 19.4. The molecule has 3 aromatic rings. The Bertz CT molecular complexity index is 1430. The molecule has 0 unspecified atom stereocenters. The lowest BCUT2D eigenvalue weighted by Gasteiger charge is -2.25. The summed E-state index contributed by atoms with van der Waals surface area (Å²) in [5.41, 5.74) is -2.86. The number of amides is 1. The molecule has 0 aromatic carbocycles. The van der Waals surface area contributed by atoms with Crippen molar-refractivity contribution in [3.8, 4) is 5.82 Å². The number of carbonyl (C=O) groups is 1. The molecule has 38 heavy (non-hydrogen) atoms. The number of aromatic nitrogens is 3. The number of fused-ring (bicyclic) bond motifs is 1. The first kappa shape index (κ1) is 27.2. The maximum atomic E-state index is 14.7. The normalized spacial score (nSPS) is 16.5. The SMILES string of the molecule is O=C(NC(C(F)(F)F)C(F)(F)F)c1cn(-c2ncc(F)cc2F)c2nc(N3CCC[C@@H]3CO)ccc2c1=O. The van der Waals surface area contributed by atoms with Crippen molar-refractivity contribution in [2.75, 3.05) is 18.1 Å². The minimum absolute atomic E-state index is 0.205. The summed E-state index contributed by atoms with van der Waals surface area (Å²) in [6.45, 7) is 0.216. The second-order valence-electron chi connectivity index (χ2n) is 8.40. The van der Waals surface area contributed by atoms with Crippen molar-refractivity contribution in [1.29, 1.82) is 0 Å². The summed E-state index contributed by atoms with van der Waals surface area (Å²) in [5, 5.41) is 9.90. The fraction of sp³-hybridized carbons (Fsp3) is 0.364. The van der Waals surface area contributed by atoms with Gasteiger partial charge in [0.1, 0.15) is 17.2 Å². The van der Waals surface area contributed by atoms with E-state index in [9.17, 15) is 49.8 Å². The Kier molecular flexibility index (Phi) is 7.03. The number of nitrogens with one attached hydrogen (secondary N) is 1. The van der Waals surface area contributed by atoms with Gasteiger partial charge in [0.25, 0.3) is 5.91 Å². The van der Waals surface area contributed by atoms with Gasteiger partial charge in [-0.2, -0.15) is 26.3 Å². The molecule has 4 rings (SSSR count). The molecule has 1 saturated heterocycles. The third-order valence-electron chi connectivity index (χ3n) is 5.91. The molecular weight excluding hydrogens is 534 g/mol. The quantitative estimate of drug-likeness (QED) is 0.473. The lowest BCUT2D eigenvalue weighted by Crippen LogP contribution is -2.55. The van der Waals surface area contributed by atoms with Gasteiger partial charge in [0.05, 0.1) is 24.2 Å². The molecule has 1 atom stereocenters. The molecule has 1 aliphatic heterocycles. The van der Waals surface area contributed by atoms with Crippen molar-refractivity contribution in [3.63, 3.8) is 0 Å². The van der Waals surface area contributed by atoms with Gasteiger partial charge in [-0.25, -0.2) is 18.7 Å². The number of anilines is 1. The van der Waals surface area contributed by atoms with Gasteiger partial charge >= 0.3 is 12.4 Å². The fourth-order valence-corrected chi connectivity index (χ4v) is 4.15. The lowest BCUT2D eigenvalue weighted by molar-refractivity contribution is -0.255. The number of pyridine rings is 3. The fourth-order valence-electron chi connectivity index (χ4n) is 4.15. The van der Waals surface area contributed by atoms with Crippen molar-refractivity contribution in [2.24, 2.45) is 0 Å². The highest BCUT2D eigenvalue weighted by Gasteiger charge is 2.57. The van der Waals surface area contributed by atoms with Crippen LogP contribution in [0.1, 0.15) is 23.2 Å². The predicted octanol–water partition coefficient (Wildman–Crippen LogP) is 3.24. The van der Waals surface area contributed by atoms with E-state index in [1.165, 1.54) is 6.07 Å². The van der Waals surface area contributed by atoms with E-state index in [2.05, 4.69) is 9.97 Å². The average molecular weight is 551 g/mol. The van der Waals surface area contributed by atoms with Gasteiger partial charge < -0.3 is 15.3 Å². The summed E-state index contributed by atoms with van der Waals surface area (Å²) in [7, 11) is 0. The second kappa shape index (κ2) is 9.81. The van der Waals surface area contributed by atoms with Crippen LogP contribution in [0, 0.1) is 11.6 Å². The van der Waals surface area contributed by atoms with Gasteiger partial charge in [0, 0.05) is 18.8 Å². The molecular formula is C22H17F8N5O3. The number of rotatable bonds is 5. The number of carbonyl (C=O) groups excluding carboxylic acids is 1.